The van der Waals surface area contributed by atoms with Crippen LogP contribution < -0.4 is 16.0 Å². The second-order valence-electron chi connectivity index (χ2n) is 4.73. The quantitative estimate of drug-likeness (QED) is 0.733. The molecule has 0 spiro atoms. The summed E-state index contributed by atoms with van der Waals surface area (Å²) in [5.74, 6) is 0.657. The zero-order valence-corrected chi connectivity index (χ0v) is 11.7. The predicted octanol–water partition coefficient (Wildman–Crippen LogP) is -0.796. The summed E-state index contributed by atoms with van der Waals surface area (Å²) in [6.45, 7) is 4.31. The number of hydrogen-bond acceptors (Lipinski definition) is 6. The van der Waals surface area contributed by atoms with Crippen molar-refractivity contribution in [3.63, 3.8) is 0 Å². The molecule has 1 aromatic rings. The summed E-state index contributed by atoms with van der Waals surface area (Å²) in [5.41, 5.74) is 5.81. The third-order valence-electron chi connectivity index (χ3n) is 3.07. The normalized spacial score (nSPS) is 21.3. The van der Waals surface area contributed by atoms with Gasteiger partial charge >= 0.3 is 0 Å². The minimum absolute atomic E-state index is 0.138. The van der Waals surface area contributed by atoms with E-state index in [0.29, 0.717) is 11.9 Å². The van der Waals surface area contributed by atoms with Crippen LogP contribution in [0.15, 0.2) is 4.90 Å². The van der Waals surface area contributed by atoms with E-state index in [0.717, 1.165) is 25.9 Å². The van der Waals surface area contributed by atoms with Crippen molar-refractivity contribution in [1.29, 1.82) is 0 Å². The Labute approximate surface area is 107 Å². The average molecular weight is 273 g/mol. The summed E-state index contributed by atoms with van der Waals surface area (Å²) in [5, 5.41) is 7.55. The van der Waals surface area contributed by atoms with Crippen LogP contribution in [0, 0.1) is 0 Å². The molecule has 1 atom stereocenters. The average Bonchev–Trinajstić information content (AvgIpc) is 2.55. The number of sulfone groups is 1. The Morgan fingerprint density at radius 1 is 1.50 bits per heavy atom. The summed E-state index contributed by atoms with van der Waals surface area (Å²) in [4.78, 5) is 2.10. The Morgan fingerprint density at radius 3 is 2.72 bits per heavy atom. The third kappa shape index (κ3) is 2.30. The number of aromatic nitrogens is 2. The monoisotopic (exact) mass is 273 g/mol. The number of nitrogen functional groups attached to an aromatic ring is 1. The second-order valence-corrected chi connectivity index (χ2v) is 6.69. The van der Waals surface area contributed by atoms with Crippen molar-refractivity contribution in [3.05, 3.63) is 0 Å². The summed E-state index contributed by atoms with van der Waals surface area (Å²) < 4.78 is 25.1. The van der Waals surface area contributed by atoms with Crippen LogP contribution in [0.5, 0.6) is 0 Å². The summed E-state index contributed by atoms with van der Waals surface area (Å²) in [6, 6.07) is 0.300. The molecule has 0 bridgehead atoms. The number of nitrogens with zero attached hydrogens (tertiary/aromatic N) is 3. The maximum Gasteiger partial charge on any atom is 0.182 e. The third-order valence-corrected chi connectivity index (χ3v) is 4.20. The lowest BCUT2D eigenvalue weighted by molar-refractivity contribution is 0.479. The molecule has 8 heteroatoms. The first kappa shape index (κ1) is 13.2. The molecule has 0 aliphatic carbocycles. The van der Waals surface area contributed by atoms with Crippen molar-refractivity contribution < 1.29 is 8.42 Å². The van der Waals surface area contributed by atoms with Gasteiger partial charge in [-0.3, -0.25) is 0 Å². The first-order valence-electron chi connectivity index (χ1n) is 5.81. The Bertz CT molecular complexity index is 551. The van der Waals surface area contributed by atoms with E-state index in [1.54, 1.807) is 7.05 Å². The van der Waals surface area contributed by atoms with Gasteiger partial charge < -0.3 is 16.0 Å². The maximum atomic E-state index is 11.8. The van der Waals surface area contributed by atoms with E-state index in [-0.39, 0.29) is 10.7 Å². The van der Waals surface area contributed by atoms with E-state index >= 15 is 0 Å². The van der Waals surface area contributed by atoms with Gasteiger partial charge in [0.25, 0.3) is 0 Å². The fraction of sp³-hybridized carbons (Fsp3) is 0.700. The molecule has 7 nitrogen and oxygen atoms in total. The van der Waals surface area contributed by atoms with Crippen molar-refractivity contribution >= 4 is 21.5 Å². The minimum atomic E-state index is -3.38. The molecule has 2 heterocycles. The standard InChI is InChI=1S/C10H19N5O2S/c1-7-6-15(5-4-12-7)10-8(18(3,16)17)9(11)14(2)13-10/h7,12H,4-6,11H2,1-3H3/t7-/m0/s1. The number of anilines is 2. The predicted molar refractivity (Wildman–Crippen MR) is 70.4 cm³/mol. The molecule has 0 unspecified atom stereocenters. The Morgan fingerprint density at radius 2 is 2.17 bits per heavy atom. The molecule has 0 aromatic carbocycles. The molecule has 2 rings (SSSR count). The molecular weight excluding hydrogens is 254 g/mol. The van der Waals surface area contributed by atoms with Crippen molar-refractivity contribution in [2.24, 2.45) is 7.05 Å². The molecule has 0 amide bonds. The lowest BCUT2D eigenvalue weighted by atomic mass is 10.2. The largest absolute Gasteiger partial charge is 0.383 e. The Kier molecular flexibility index (Phi) is 3.24. The van der Waals surface area contributed by atoms with Gasteiger partial charge in [0, 0.05) is 39.0 Å². The van der Waals surface area contributed by atoms with Crippen molar-refractivity contribution in [2.45, 2.75) is 17.9 Å². The number of rotatable bonds is 2. The summed E-state index contributed by atoms with van der Waals surface area (Å²) >= 11 is 0. The number of nitrogens with one attached hydrogen (secondary N) is 1. The number of piperazine rings is 1. The highest BCUT2D eigenvalue weighted by Gasteiger charge is 2.28. The second kappa shape index (κ2) is 4.43. The molecule has 3 N–H and O–H groups in total. The van der Waals surface area contributed by atoms with Gasteiger partial charge in [-0.2, -0.15) is 5.10 Å². The molecule has 1 aromatic heterocycles. The highest BCUT2D eigenvalue weighted by molar-refractivity contribution is 7.91. The van der Waals surface area contributed by atoms with Crippen LogP contribution >= 0.6 is 0 Å². The first-order valence-corrected chi connectivity index (χ1v) is 7.70. The van der Waals surface area contributed by atoms with Crippen LogP contribution in [0.1, 0.15) is 6.92 Å². The van der Waals surface area contributed by atoms with E-state index in [1.165, 1.54) is 4.68 Å². The highest BCUT2D eigenvalue weighted by Crippen LogP contribution is 2.29. The van der Waals surface area contributed by atoms with Gasteiger partial charge in [0.15, 0.2) is 20.6 Å². The Hall–Kier alpha value is -1.28. The van der Waals surface area contributed by atoms with Crippen molar-refractivity contribution in [1.82, 2.24) is 15.1 Å². The van der Waals surface area contributed by atoms with E-state index < -0.39 is 9.84 Å². The van der Waals surface area contributed by atoms with Gasteiger partial charge in [-0.05, 0) is 6.92 Å². The van der Waals surface area contributed by atoms with E-state index in [9.17, 15) is 8.42 Å². The zero-order chi connectivity index (χ0) is 13.5. The first-order chi connectivity index (χ1) is 8.30. The fourth-order valence-corrected chi connectivity index (χ4v) is 3.20. The molecule has 0 saturated carbocycles. The number of nitrogens with two attached hydrogens (primary N) is 1. The lowest BCUT2D eigenvalue weighted by Crippen LogP contribution is -2.49. The van der Waals surface area contributed by atoms with Crippen LogP contribution in [0.2, 0.25) is 0 Å². The molecule has 0 radical (unpaired) electrons. The summed E-state index contributed by atoms with van der Waals surface area (Å²) in [7, 11) is -1.73. The zero-order valence-electron chi connectivity index (χ0n) is 10.8. The molecule has 1 saturated heterocycles. The van der Waals surface area contributed by atoms with Gasteiger partial charge in [-0.1, -0.05) is 0 Å². The van der Waals surface area contributed by atoms with Crippen LogP contribution in [0.25, 0.3) is 0 Å². The SMILES string of the molecule is C[C@H]1CN(c2nn(C)c(N)c2S(C)(=O)=O)CCN1. The number of aryl methyl sites for hydroxylation is 1. The number of hydrogen-bond donors (Lipinski definition) is 2. The van der Waals surface area contributed by atoms with Crippen LogP contribution in [-0.2, 0) is 16.9 Å². The molecule has 1 aliphatic heterocycles. The van der Waals surface area contributed by atoms with Gasteiger partial charge in [0.1, 0.15) is 5.82 Å². The van der Waals surface area contributed by atoms with E-state index in [1.807, 2.05) is 4.90 Å². The van der Waals surface area contributed by atoms with Gasteiger partial charge in [0.05, 0.1) is 0 Å². The van der Waals surface area contributed by atoms with E-state index in [2.05, 4.69) is 17.3 Å². The molecule has 18 heavy (non-hydrogen) atoms. The maximum absolute atomic E-state index is 11.8. The fourth-order valence-electron chi connectivity index (χ4n) is 2.19. The Balaban J connectivity index is 2.48. The molecule has 1 aliphatic rings. The topological polar surface area (TPSA) is 93.2 Å². The smallest absolute Gasteiger partial charge is 0.182 e. The minimum Gasteiger partial charge on any atom is -0.383 e. The van der Waals surface area contributed by atoms with Crippen molar-refractivity contribution in [3.8, 4) is 0 Å². The lowest BCUT2D eigenvalue weighted by Gasteiger charge is -2.32. The molecule has 102 valence electrons. The van der Waals surface area contributed by atoms with Gasteiger partial charge in [-0.15, -0.1) is 0 Å². The van der Waals surface area contributed by atoms with E-state index in [4.69, 9.17) is 5.73 Å². The van der Waals surface area contributed by atoms with Crippen molar-refractivity contribution in [2.75, 3.05) is 36.5 Å². The summed E-state index contributed by atoms with van der Waals surface area (Å²) in [6.07, 6.45) is 1.16. The van der Waals surface area contributed by atoms with Crippen LogP contribution in [0.3, 0.4) is 0 Å². The highest BCUT2D eigenvalue weighted by atomic mass is 32.2. The van der Waals surface area contributed by atoms with Crippen LogP contribution in [0.4, 0.5) is 11.6 Å². The van der Waals surface area contributed by atoms with Crippen LogP contribution in [-0.4, -0.2) is 50.1 Å². The van der Waals surface area contributed by atoms with Gasteiger partial charge in [-0.25, -0.2) is 13.1 Å². The molecule has 1 fully saturated rings. The molecular formula is C10H19N5O2S. The van der Waals surface area contributed by atoms with Gasteiger partial charge in [0.2, 0.25) is 0 Å².